The van der Waals surface area contributed by atoms with E-state index in [4.69, 9.17) is 4.74 Å². The van der Waals surface area contributed by atoms with Gasteiger partial charge in [-0.05, 0) is 68.2 Å². The number of benzene rings is 2. The smallest absolute Gasteiger partial charge is 0.410 e. The summed E-state index contributed by atoms with van der Waals surface area (Å²) in [6.07, 6.45) is 1.83. The first kappa shape index (κ1) is 25.5. The highest BCUT2D eigenvalue weighted by molar-refractivity contribution is 7.89. The topological polar surface area (TPSA) is 75.7 Å². The van der Waals surface area contributed by atoms with Gasteiger partial charge in [-0.2, -0.15) is 0 Å². The third-order valence-corrected chi connectivity index (χ3v) is 8.17. The Morgan fingerprint density at radius 2 is 1.91 bits per heavy atom. The number of nitrogens with zero attached hydrogens (tertiary/aromatic N) is 1. The van der Waals surface area contributed by atoms with E-state index in [0.29, 0.717) is 25.7 Å². The predicted molar refractivity (Wildman–Crippen MR) is 126 cm³/mol. The number of ether oxygens (including phenoxy) is 1. The summed E-state index contributed by atoms with van der Waals surface area (Å²) in [5, 5.41) is 0. The van der Waals surface area contributed by atoms with E-state index in [2.05, 4.69) is 4.72 Å². The van der Waals surface area contributed by atoms with Crippen molar-refractivity contribution >= 4 is 16.1 Å². The molecular formula is C25H29F3N2O4S. The average Bonchev–Trinajstić information content (AvgIpc) is 3.19. The molecule has 2 aliphatic rings. The van der Waals surface area contributed by atoms with Gasteiger partial charge in [-0.3, -0.25) is 0 Å². The van der Waals surface area contributed by atoms with Crippen LogP contribution >= 0.6 is 0 Å². The number of halogens is 3. The van der Waals surface area contributed by atoms with Gasteiger partial charge >= 0.3 is 6.09 Å². The van der Waals surface area contributed by atoms with Crippen LogP contribution in [0, 0.1) is 17.5 Å². The van der Waals surface area contributed by atoms with E-state index in [0.717, 1.165) is 12.1 Å². The maximum Gasteiger partial charge on any atom is 0.410 e. The van der Waals surface area contributed by atoms with Crippen molar-refractivity contribution in [2.45, 2.75) is 57.5 Å². The zero-order valence-corrected chi connectivity index (χ0v) is 20.3. The molecule has 2 bridgehead atoms. The second kappa shape index (κ2) is 10.6. The molecule has 2 atom stereocenters. The van der Waals surface area contributed by atoms with Crippen LogP contribution in [0.5, 0.6) is 0 Å². The van der Waals surface area contributed by atoms with Gasteiger partial charge in [0.1, 0.15) is 17.5 Å². The molecule has 2 aromatic rings. The summed E-state index contributed by atoms with van der Waals surface area (Å²) in [7, 11) is -3.57. The van der Waals surface area contributed by atoms with Crippen LogP contribution in [0.25, 0.3) is 11.1 Å². The van der Waals surface area contributed by atoms with Crippen molar-refractivity contribution < 1.29 is 31.1 Å². The predicted octanol–water partition coefficient (Wildman–Crippen LogP) is 4.56. The molecular weight excluding hydrogens is 481 g/mol. The minimum atomic E-state index is -3.57. The Kier molecular flexibility index (Phi) is 7.70. The molecule has 2 aliphatic heterocycles. The minimum Gasteiger partial charge on any atom is -0.449 e. The van der Waals surface area contributed by atoms with Gasteiger partial charge in [0.2, 0.25) is 10.0 Å². The number of nitrogens with one attached hydrogen (secondary N) is 1. The highest BCUT2D eigenvalue weighted by Gasteiger charge is 2.40. The Bertz CT molecular complexity index is 1210. The molecule has 0 aromatic heterocycles. The van der Waals surface area contributed by atoms with E-state index in [1.165, 1.54) is 17.9 Å². The Labute approximate surface area is 203 Å². The largest absolute Gasteiger partial charge is 0.449 e. The molecule has 1 fully saturated rings. The van der Waals surface area contributed by atoms with Gasteiger partial charge in [0, 0.05) is 24.2 Å². The number of hydrogen-bond donors (Lipinski definition) is 1. The monoisotopic (exact) mass is 510 g/mol. The third-order valence-electron chi connectivity index (χ3n) is 6.75. The van der Waals surface area contributed by atoms with Crippen LogP contribution in [0.1, 0.15) is 43.7 Å². The highest BCUT2D eigenvalue weighted by atomic mass is 32.2. The third kappa shape index (κ3) is 5.64. The number of rotatable bonds is 3. The number of hydrogen-bond acceptors (Lipinski definition) is 4. The fourth-order valence-corrected chi connectivity index (χ4v) is 5.78. The number of amides is 1. The summed E-state index contributed by atoms with van der Waals surface area (Å²) in [5.74, 6) is -2.29. The first-order valence-electron chi connectivity index (χ1n) is 11.9. The Balaban J connectivity index is 1.78. The Morgan fingerprint density at radius 3 is 2.69 bits per heavy atom. The molecule has 0 spiro atoms. The van der Waals surface area contributed by atoms with Crippen LogP contribution in [0.2, 0.25) is 0 Å². The summed E-state index contributed by atoms with van der Waals surface area (Å²) >= 11 is 0. The molecule has 35 heavy (non-hydrogen) atoms. The van der Waals surface area contributed by atoms with Crippen molar-refractivity contribution in [1.82, 2.24) is 9.62 Å². The van der Waals surface area contributed by atoms with Crippen molar-refractivity contribution in [3.63, 3.8) is 0 Å². The van der Waals surface area contributed by atoms with Gasteiger partial charge < -0.3 is 9.64 Å². The first-order chi connectivity index (χ1) is 16.7. The van der Waals surface area contributed by atoms with Crippen molar-refractivity contribution in [3.8, 4) is 11.1 Å². The fraction of sp³-hybridized carbons (Fsp3) is 0.480. The van der Waals surface area contributed by atoms with Gasteiger partial charge in [-0.25, -0.2) is 31.1 Å². The first-order valence-corrected chi connectivity index (χ1v) is 13.5. The van der Waals surface area contributed by atoms with Crippen LogP contribution in [0.15, 0.2) is 30.3 Å². The van der Waals surface area contributed by atoms with Gasteiger partial charge in [0.25, 0.3) is 0 Å². The molecule has 0 aliphatic carbocycles. The average molecular weight is 511 g/mol. The fourth-order valence-electron chi connectivity index (χ4n) is 4.88. The molecule has 0 saturated carbocycles. The van der Waals surface area contributed by atoms with Crippen molar-refractivity contribution in [1.29, 1.82) is 0 Å². The summed E-state index contributed by atoms with van der Waals surface area (Å²) < 4.78 is 77.3. The van der Waals surface area contributed by atoms with Gasteiger partial charge in [-0.1, -0.05) is 18.2 Å². The van der Waals surface area contributed by atoms with Crippen molar-refractivity contribution in [2.75, 3.05) is 18.9 Å². The second-order valence-corrected chi connectivity index (χ2v) is 11.0. The summed E-state index contributed by atoms with van der Waals surface area (Å²) in [4.78, 5) is 14.3. The second-order valence-electron chi connectivity index (χ2n) is 9.00. The molecule has 2 unspecified atom stereocenters. The van der Waals surface area contributed by atoms with E-state index in [1.807, 2.05) is 0 Å². The normalized spacial score (nSPS) is 21.5. The summed E-state index contributed by atoms with van der Waals surface area (Å²) in [5.41, 5.74) is 0.697. The zero-order valence-electron chi connectivity index (χ0n) is 19.5. The number of carbonyl (C=O) groups is 1. The zero-order chi connectivity index (χ0) is 25.2. The van der Waals surface area contributed by atoms with E-state index in [1.54, 1.807) is 12.1 Å². The van der Waals surface area contributed by atoms with Crippen molar-refractivity contribution in [2.24, 2.45) is 0 Å². The van der Waals surface area contributed by atoms with Crippen LogP contribution in [-0.2, 0) is 27.6 Å². The lowest BCUT2D eigenvalue weighted by molar-refractivity contribution is 0.0945. The lowest BCUT2D eigenvalue weighted by Crippen LogP contribution is -2.48. The standard InChI is InChI=1S/C25H29F3N2O4S/c1-2-35(32,33)29-22-10-11-30-23(22)13-16-7-6-9-19(24(16)28)20-14-17(26)15-21(27)18(20)8-4-3-5-12-34-25(30)31/h6-7,9,14-15,22-23,29H,2-5,8,10-13H2,1H3. The number of fused-ring (bicyclic) bond motifs is 5. The molecule has 2 aromatic carbocycles. The van der Waals surface area contributed by atoms with E-state index in [9.17, 15) is 22.0 Å². The van der Waals surface area contributed by atoms with E-state index >= 15 is 4.39 Å². The molecule has 1 N–H and O–H groups in total. The van der Waals surface area contributed by atoms with Crippen molar-refractivity contribution in [3.05, 3.63) is 58.9 Å². The summed E-state index contributed by atoms with van der Waals surface area (Å²) in [6, 6.07) is 5.27. The van der Waals surface area contributed by atoms with Crippen LogP contribution in [0.4, 0.5) is 18.0 Å². The SMILES string of the molecule is CCS(=O)(=O)NC1CCN2C(=O)OCCCCCc3c(F)cc(F)cc3-c3cccc(c3F)CC12. The maximum atomic E-state index is 15.8. The number of cyclic esters (lactones) is 1. The molecule has 6 nitrogen and oxygen atoms in total. The lowest BCUT2D eigenvalue weighted by Gasteiger charge is -2.28. The number of carbonyl (C=O) groups excluding carboxylic acids is 1. The van der Waals surface area contributed by atoms with Crippen LogP contribution in [-0.4, -0.2) is 50.4 Å². The molecule has 1 saturated heterocycles. The van der Waals surface area contributed by atoms with Gasteiger partial charge in [-0.15, -0.1) is 0 Å². The quantitative estimate of drug-likeness (QED) is 0.657. The van der Waals surface area contributed by atoms with E-state index < -0.39 is 45.7 Å². The minimum absolute atomic E-state index is 0.0127. The maximum absolute atomic E-state index is 15.8. The molecule has 0 radical (unpaired) electrons. The molecule has 190 valence electrons. The van der Waals surface area contributed by atoms with E-state index in [-0.39, 0.29) is 54.0 Å². The molecule has 2 heterocycles. The van der Waals surface area contributed by atoms with Gasteiger partial charge in [0.05, 0.1) is 18.4 Å². The number of sulfonamides is 1. The highest BCUT2D eigenvalue weighted by Crippen LogP contribution is 2.33. The van der Waals surface area contributed by atoms with Gasteiger partial charge in [0.15, 0.2) is 0 Å². The Morgan fingerprint density at radius 1 is 1.11 bits per heavy atom. The summed E-state index contributed by atoms with van der Waals surface area (Å²) in [6.45, 7) is 1.94. The molecule has 4 rings (SSSR count). The molecule has 10 heteroatoms. The van der Waals surface area contributed by atoms with Crippen LogP contribution in [0.3, 0.4) is 0 Å². The molecule has 1 amide bonds. The lowest BCUT2D eigenvalue weighted by atomic mass is 9.92. The Hall–Kier alpha value is -2.59. The van der Waals surface area contributed by atoms with Crippen LogP contribution < -0.4 is 4.72 Å².